The number of carbonyl (C=O) groups excluding carboxylic acids is 1. The van der Waals surface area contributed by atoms with Gasteiger partial charge in [-0.1, -0.05) is 47.9 Å². The number of nitro groups is 1. The van der Waals surface area contributed by atoms with Crippen LogP contribution in [0.2, 0.25) is 5.02 Å². The number of halogens is 1. The number of aromatic amines is 1. The Bertz CT molecular complexity index is 2800. The molecule has 2 aromatic heterocycles. The molecule has 14 nitrogen and oxygen atoms in total. The van der Waals surface area contributed by atoms with Gasteiger partial charge in [-0.3, -0.25) is 19.8 Å². The summed E-state index contributed by atoms with van der Waals surface area (Å²) in [6, 6.07) is 20.3. The lowest BCUT2D eigenvalue weighted by molar-refractivity contribution is -0.384. The smallest absolute Gasteiger partial charge is 0.293 e. The summed E-state index contributed by atoms with van der Waals surface area (Å²) in [6.07, 6.45) is 14.2. The lowest BCUT2D eigenvalue weighted by Crippen LogP contribution is -2.36. The standard InChI is InChI=1S/C47H47ClN6O8S/c48-35-5-2-31(3-6-35)39-25-46(14-1-15-46)16-10-34(39)28-53-18-12-30(13-19-53)32-4-8-38(42(23-32)62-36-22-33-11-17-49-44(33)50-27-36)45(55)52-63(58,59)37-7-9-40(41(24-37)54(56)57)51-43-26-47(43)29-60-20-21-61-47/h2-9,11-12,17,22-24,27,43,51H,1,10,13-16,18-21,25-26,28-29H2,(H,49,50)(H,52,55). The van der Waals surface area contributed by atoms with Crippen molar-refractivity contribution in [3.8, 4) is 11.5 Å². The molecule has 2 atom stereocenters. The van der Waals surface area contributed by atoms with Crippen molar-refractivity contribution in [1.29, 1.82) is 0 Å². The summed E-state index contributed by atoms with van der Waals surface area (Å²) < 4.78 is 47.3. The number of rotatable bonds is 12. The summed E-state index contributed by atoms with van der Waals surface area (Å²) >= 11 is 6.28. The van der Waals surface area contributed by atoms with Crippen molar-refractivity contribution >= 4 is 61.1 Å². The summed E-state index contributed by atoms with van der Waals surface area (Å²) in [5, 5.41) is 16.8. The van der Waals surface area contributed by atoms with E-state index in [1.54, 1.807) is 30.5 Å². The third-order valence-corrected chi connectivity index (χ3v) is 15.1. The summed E-state index contributed by atoms with van der Waals surface area (Å²) in [5.41, 5.74) is 6.33. The monoisotopic (exact) mass is 890 g/mol. The maximum Gasteiger partial charge on any atom is 0.293 e. The number of nitrogens with one attached hydrogen (secondary N) is 3. The predicted molar refractivity (Wildman–Crippen MR) is 239 cm³/mol. The SMILES string of the molecule is O=C(NS(=O)(=O)c1ccc(NC2CC23COCCO3)c([N+](=O)[O-])c1)c1ccc(C2=CCN(CC3=C(c4ccc(Cl)cc4)CC4(CCC4)CC3)CC2)cc1Oc1cnc2[nH]ccc2c1. The van der Waals surface area contributed by atoms with Gasteiger partial charge in [0.2, 0.25) is 0 Å². The van der Waals surface area contributed by atoms with E-state index in [1.807, 2.05) is 18.2 Å². The minimum atomic E-state index is -4.58. The van der Waals surface area contributed by atoms with E-state index in [4.69, 9.17) is 25.8 Å². The molecule has 0 radical (unpaired) electrons. The highest BCUT2D eigenvalue weighted by atomic mass is 35.5. The van der Waals surface area contributed by atoms with Gasteiger partial charge in [-0.15, -0.1) is 0 Å². The van der Waals surface area contributed by atoms with Crippen LogP contribution in [0.5, 0.6) is 11.5 Å². The molecular formula is C47H47ClN6O8S. The number of ether oxygens (including phenoxy) is 3. The van der Waals surface area contributed by atoms with Crippen molar-refractivity contribution in [3.05, 3.63) is 129 Å². The van der Waals surface area contributed by atoms with Gasteiger partial charge in [-0.25, -0.2) is 18.1 Å². The first-order valence-electron chi connectivity index (χ1n) is 21.4. The average Bonchev–Trinajstić information content (AvgIpc) is 3.67. The van der Waals surface area contributed by atoms with E-state index >= 15 is 0 Å². The number of benzene rings is 3. The van der Waals surface area contributed by atoms with Crippen molar-refractivity contribution < 1.29 is 32.3 Å². The molecule has 3 N–H and O–H groups in total. The molecular weight excluding hydrogens is 844 g/mol. The van der Waals surface area contributed by atoms with Gasteiger partial charge in [0.05, 0.1) is 47.4 Å². The van der Waals surface area contributed by atoms with Crippen LogP contribution in [0, 0.1) is 15.5 Å². The Morgan fingerprint density at radius 1 is 1.03 bits per heavy atom. The van der Waals surface area contributed by atoms with Gasteiger partial charge >= 0.3 is 0 Å². The van der Waals surface area contributed by atoms with Crippen LogP contribution in [-0.4, -0.2) is 85.2 Å². The first-order valence-corrected chi connectivity index (χ1v) is 23.3. The molecule has 3 aliphatic carbocycles. The maximum absolute atomic E-state index is 14.0. The lowest BCUT2D eigenvalue weighted by atomic mass is 9.59. The van der Waals surface area contributed by atoms with Crippen molar-refractivity contribution in [2.24, 2.45) is 5.41 Å². The molecule has 3 fully saturated rings. The van der Waals surface area contributed by atoms with Crippen LogP contribution in [0.1, 0.15) is 72.9 Å². The van der Waals surface area contributed by atoms with E-state index in [0.29, 0.717) is 43.1 Å². The van der Waals surface area contributed by atoms with Gasteiger partial charge in [-0.2, -0.15) is 0 Å². The maximum atomic E-state index is 14.0. The molecule has 0 bridgehead atoms. The topological polar surface area (TPSA) is 178 Å². The van der Waals surface area contributed by atoms with E-state index in [9.17, 15) is 23.3 Å². The van der Waals surface area contributed by atoms with Gasteiger partial charge in [0.1, 0.15) is 28.4 Å². The molecule has 10 rings (SSSR count). The van der Waals surface area contributed by atoms with E-state index in [2.05, 4.69) is 43.1 Å². The zero-order valence-corrected chi connectivity index (χ0v) is 36.1. The number of anilines is 1. The number of hydrogen-bond acceptors (Lipinski definition) is 11. The molecule has 2 spiro atoms. The molecule has 2 unspecified atom stereocenters. The van der Waals surface area contributed by atoms with Crippen LogP contribution in [0.4, 0.5) is 11.4 Å². The Kier molecular flexibility index (Phi) is 10.9. The van der Waals surface area contributed by atoms with Crippen LogP contribution >= 0.6 is 11.6 Å². The van der Waals surface area contributed by atoms with Crippen LogP contribution in [0.25, 0.3) is 22.2 Å². The van der Waals surface area contributed by atoms with Gasteiger partial charge in [-0.05, 0) is 115 Å². The first kappa shape index (κ1) is 41.4. The fourth-order valence-electron chi connectivity index (χ4n) is 9.63. The van der Waals surface area contributed by atoms with Gasteiger partial charge < -0.3 is 24.5 Å². The highest BCUT2D eigenvalue weighted by Gasteiger charge is 2.57. The molecule has 5 aromatic rings. The fraction of sp³-hybridized carbons (Fsp3) is 0.362. The van der Waals surface area contributed by atoms with Crippen LogP contribution < -0.4 is 14.8 Å². The summed E-state index contributed by atoms with van der Waals surface area (Å²) in [6.45, 7) is 3.74. The van der Waals surface area contributed by atoms with Gasteiger partial charge in [0.15, 0.2) is 0 Å². The Balaban J connectivity index is 0.888. The second-order valence-electron chi connectivity index (χ2n) is 17.5. The summed E-state index contributed by atoms with van der Waals surface area (Å²) in [5.74, 6) is -0.485. The van der Waals surface area contributed by atoms with Crippen LogP contribution in [0.3, 0.4) is 0 Å². The molecule has 3 aromatic carbocycles. The number of H-pyrrole nitrogens is 1. The number of amides is 1. The van der Waals surface area contributed by atoms with Gasteiger partial charge in [0.25, 0.3) is 21.6 Å². The van der Waals surface area contributed by atoms with Crippen LogP contribution in [0.15, 0.2) is 102 Å². The number of nitro benzene ring substituents is 1. The number of nitrogens with zero attached hydrogens (tertiary/aromatic N) is 3. The van der Waals surface area contributed by atoms with E-state index in [0.717, 1.165) is 66.5 Å². The van der Waals surface area contributed by atoms with E-state index in [1.165, 1.54) is 60.7 Å². The highest BCUT2D eigenvalue weighted by molar-refractivity contribution is 7.90. The van der Waals surface area contributed by atoms with Crippen LogP contribution in [-0.2, 0) is 19.5 Å². The van der Waals surface area contributed by atoms with Crippen molar-refractivity contribution in [3.63, 3.8) is 0 Å². The summed E-state index contributed by atoms with van der Waals surface area (Å²) in [4.78, 5) is 35.0. The third-order valence-electron chi connectivity index (χ3n) is 13.5. The molecule has 4 heterocycles. The number of hydrogen-bond donors (Lipinski definition) is 3. The number of fused-ring (bicyclic) bond motifs is 1. The second kappa shape index (κ2) is 16.5. The summed E-state index contributed by atoms with van der Waals surface area (Å²) in [7, 11) is -4.58. The first-order chi connectivity index (χ1) is 30.4. The van der Waals surface area contributed by atoms with Crippen molar-refractivity contribution in [2.75, 3.05) is 44.8 Å². The normalized spacial score (nSPS) is 22.1. The molecule has 326 valence electrons. The molecule has 16 heteroatoms. The zero-order chi connectivity index (χ0) is 43.3. The van der Waals surface area contributed by atoms with Crippen molar-refractivity contribution in [2.45, 2.75) is 67.9 Å². The molecule has 2 aliphatic heterocycles. The molecule has 63 heavy (non-hydrogen) atoms. The number of allylic oxidation sites excluding steroid dienone is 1. The average molecular weight is 891 g/mol. The number of pyridine rings is 1. The molecule has 2 saturated carbocycles. The zero-order valence-electron chi connectivity index (χ0n) is 34.5. The van der Waals surface area contributed by atoms with Gasteiger partial charge in [0, 0.05) is 48.7 Å². The Morgan fingerprint density at radius 3 is 2.62 bits per heavy atom. The Labute approximate surface area is 369 Å². The van der Waals surface area contributed by atoms with E-state index in [-0.39, 0.29) is 23.0 Å². The Hall–Kier alpha value is -5.58. The highest BCUT2D eigenvalue weighted by Crippen LogP contribution is 2.55. The van der Waals surface area contributed by atoms with Crippen molar-refractivity contribution in [1.82, 2.24) is 19.6 Å². The quantitative estimate of drug-likeness (QED) is 0.0805. The number of sulfonamides is 1. The second-order valence-corrected chi connectivity index (χ2v) is 19.6. The van der Waals surface area contributed by atoms with E-state index < -0.39 is 37.0 Å². The molecule has 1 saturated heterocycles. The molecule has 5 aliphatic rings. The number of carbonyl (C=O) groups is 1. The largest absolute Gasteiger partial charge is 0.455 e. The molecule has 1 amide bonds. The number of aromatic nitrogens is 2. The lowest BCUT2D eigenvalue weighted by Gasteiger charge is -2.47. The fourth-order valence-corrected chi connectivity index (χ4v) is 10.7. The predicted octanol–water partition coefficient (Wildman–Crippen LogP) is 8.90. The minimum absolute atomic E-state index is 0.0424. The Morgan fingerprint density at radius 2 is 1.87 bits per heavy atom. The third kappa shape index (κ3) is 8.47. The minimum Gasteiger partial charge on any atom is -0.455 e.